The number of aryl methyl sites for hydroxylation is 3. The molecule has 3 heterocycles. The standard InChI is InChI=1S/C16H19N9O/c1-10-5-6-11(15-21-23-24(2)22-15)8-12(10)18-16(26)17-9-14-20-19-13-4-3-7-25(13)14/h5-6,8H,3-4,7,9H2,1-2H3,(H2,17,18,26). The van der Waals surface area contributed by atoms with Crippen LogP contribution in [0, 0.1) is 6.92 Å². The van der Waals surface area contributed by atoms with Gasteiger partial charge in [-0.15, -0.1) is 20.4 Å². The van der Waals surface area contributed by atoms with E-state index in [1.54, 1.807) is 7.05 Å². The smallest absolute Gasteiger partial charge is 0.319 e. The molecule has 0 atom stereocenters. The molecule has 1 aliphatic rings. The van der Waals surface area contributed by atoms with Gasteiger partial charge in [0.1, 0.15) is 5.82 Å². The molecule has 4 rings (SSSR count). The number of tetrazole rings is 1. The second-order valence-corrected chi connectivity index (χ2v) is 6.23. The van der Waals surface area contributed by atoms with E-state index in [0.29, 0.717) is 18.1 Å². The Morgan fingerprint density at radius 2 is 2.15 bits per heavy atom. The Balaban J connectivity index is 1.43. The van der Waals surface area contributed by atoms with Crippen molar-refractivity contribution in [2.24, 2.45) is 7.05 Å². The van der Waals surface area contributed by atoms with E-state index in [1.807, 2.05) is 25.1 Å². The van der Waals surface area contributed by atoms with Gasteiger partial charge in [0.25, 0.3) is 0 Å². The second-order valence-electron chi connectivity index (χ2n) is 6.23. The fourth-order valence-corrected chi connectivity index (χ4v) is 2.96. The summed E-state index contributed by atoms with van der Waals surface area (Å²) >= 11 is 0. The van der Waals surface area contributed by atoms with E-state index >= 15 is 0 Å². The molecule has 134 valence electrons. The maximum Gasteiger partial charge on any atom is 0.319 e. The monoisotopic (exact) mass is 353 g/mol. The number of rotatable bonds is 4. The summed E-state index contributed by atoms with van der Waals surface area (Å²) < 4.78 is 2.06. The minimum absolute atomic E-state index is 0.298. The second kappa shape index (κ2) is 6.54. The van der Waals surface area contributed by atoms with Gasteiger partial charge in [0.05, 0.1) is 13.6 Å². The van der Waals surface area contributed by atoms with Gasteiger partial charge < -0.3 is 15.2 Å². The van der Waals surface area contributed by atoms with Crippen LogP contribution in [0.2, 0.25) is 0 Å². The molecule has 0 spiro atoms. The van der Waals surface area contributed by atoms with Crippen LogP contribution in [0.4, 0.5) is 10.5 Å². The molecule has 0 fully saturated rings. The van der Waals surface area contributed by atoms with E-state index in [-0.39, 0.29) is 6.03 Å². The van der Waals surface area contributed by atoms with Crippen LogP contribution >= 0.6 is 0 Å². The molecule has 0 saturated carbocycles. The molecular weight excluding hydrogens is 334 g/mol. The normalized spacial score (nSPS) is 12.8. The van der Waals surface area contributed by atoms with Crippen molar-refractivity contribution in [3.63, 3.8) is 0 Å². The number of benzene rings is 1. The third-order valence-corrected chi connectivity index (χ3v) is 4.35. The molecule has 0 aliphatic carbocycles. The molecule has 2 N–H and O–H groups in total. The van der Waals surface area contributed by atoms with Crippen molar-refractivity contribution >= 4 is 11.7 Å². The van der Waals surface area contributed by atoms with E-state index in [2.05, 4.69) is 40.8 Å². The number of carbonyl (C=O) groups is 1. The maximum absolute atomic E-state index is 12.3. The first-order valence-corrected chi connectivity index (χ1v) is 8.41. The summed E-state index contributed by atoms with van der Waals surface area (Å²) in [6.45, 7) is 3.17. The van der Waals surface area contributed by atoms with Crippen LogP contribution in [0.15, 0.2) is 18.2 Å². The van der Waals surface area contributed by atoms with E-state index in [0.717, 1.165) is 42.2 Å². The highest BCUT2D eigenvalue weighted by Gasteiger charge is 2.17. The number of carbonyl (C=O) groups excluding carboxylic acids is 1. The Labute approximate surface area is 149 Å². The van der Waals surface area contributed by atoms with Gasteiger partial charge in [-0.1, -0.05) is 12.1 Å². The lowest BCUT2D eigenvalue weighted by Crippen LogP contribution is -2.29. The molecule has 1 aliphatic heterocycles. The summed E-state index contributed by atoms with van der Waals surface area (Å²) in [6.07, 6.45) is 2.02. The molecule has 0 saturated heterocycles. The van der Waals surface area contributed by atoms with Gasteiger partial charge >= 0.3 is 6.03 Å². The third-order valence-electron chi connectivity index (χ3n) is 4.35. The first-order chi connectivity index (χ1) is 12.6. The maximum atomic E-state index is 12.3. The van der Waals surface area contributed by atoms with Crippen molar-refractivity contribution in [2.75, 3.05) is 5.32 Å². The first-order valence-electron chi connectivity index (χ1n) is 8.41. The molecule has 0 unspecified atom stereocenters. The average Bonchev–Trinajstić information content (AvgIpc) is 3.32. The number of hydrogen-bond acceptors (Lipinski definition) is 6. The lowest BCUT2D eigenvalue weighted by Gasteiger charge is -2.11. The highest BCUT2D eigenvalue weighted by Crippen LogP contribution is 2.22. The zero-order chi connectivity index (χ0) is 18.1. The van der Waals surface area contributed by atoms with Crippen molar-refractivity contribution in [1.82, 2.24) is 40.3 Å². The summed E-state index contributed by atoms with van der Waals surface area (Å²) in [4.78, 5) is 13.7. The number of hydrogen-bond donors (Lipinski definition) is 2. The lowest BCUT2D eigenvalue weighted by atomic mass is 10.1. The predicted molar refractivity (Wildman–Crippen MR) is 93.2 cm³/mol. The van der Waals surface area contributed by atoms with E-state index < -0.39 is 0 Å². The summed E-state index contributed by atoms with van der Waals surface area (Å²) in [6, 6.07) is 5.34. The molecule has 0 bridgehead atoms. The molecule has 26 heavy (non-hydrogen) atoms. The SMILES string of the molecule is Cc1ccc(-c2nnn(C)n2)cc1NC(=O)NCc1nnc2n1CCC2. The van der Waals surface area contributed by atoms with E-state index in [4.69, 9.17) is 0 Å². The predicted octanol–water partition coefficient (Wildman–Crippen LogP) is 1.04. The van der Waals surface area contributed by atoms with Gasteiger partial charge in [-0.3, -0.25) is 0 Å². The summed E-state index contributed by atoms with van der Waals surface area (Å²) in [5.41, 5.74) is 2.42. The molecule has 10 nitrogen and oxygen atoms in total. The zero-order valence-corrected chi connectivity index (χ0v) is 14.6. The van der Waals surface area contributed by atoms with Gasteiger partial charge in [0.15, 0.2) is 5.82 Å². The minimum Gasteiger partial charge on any atom is -0.331 e. The Morgan fingerprint density at radius 3 is 2.96 bits per heavy atom. The summed E-state index contributed by atoms with van der Waals surface area (Å²) in [5, 5.41) is 26.0. The van der Waals surface area contributed by atoms with Crippen molar-refractivity contribution < 1.29 is 4.79 Å². The number of nitrogens with one attached hydrogen (secondary N) is 2. The fourth-order valence-electron chi connectivity index (χ4n) is 2.96. The molecule has 10 heteroatoms. The number of amides is 2. The zero-order valence-electron chi connectivity index (χ0n) is 14.6. The lowest BCUT2D eigenvalue weighted by molar-refractivity contribution is 0.251. The molecule has 1 aromatic carbocycles. The van der Waals surface area contributed by atoms with E-state index in [1.165, 1.54) is 4.80 Å². The highest BCUT2D eigenvalue weighted by atomic mass is 16.2. The van der Waals surface area contributed by atoms with Crippen LogP contribution in [0.1, 0.15) is 23.6 Å². The number of nitrogens with zero attached hydrogens (tertiary/aromatic N) is 7. The Hall–Kier alpha value is -3.30. The molecular formula is C16H19N9O. The Morgan fingerprint density at radius 1 is 1.27 bits per heavy atom. The van der Waals surface area contributed by atoms with Gasteiger partial charge in [-0.2, -0.15) is 4.80 Å². The average molecular weight is 353 g/mol. The minimum atomic E-state index is -0.298. The van der Waals surface area contributed by atoms with Crippen molar-refractivity contribution in [2.45, 2.75) is 32.9 Å². The molecule has 2 aromatic heterocycles. The number of anilines is 1. The van der Waals surface area contributed by atoms with Gasteiger partial charge in [-0.25, -0.2) is 4.79 Å². The van der Waals surface area contributed by atoms with Crippen LogP contribution in [0.5, 0.6) is 0 Å². The molecule has 0 radical (unpaired) electrons. The third kappa shape index (κ3) is 3.13. The molecule has 3 aromatic rings. The Bertz CT molecular complexity index is 959. The Kier molecular flexibility index (Phi) is 4.07. The molecule has 2 amide bonds. The van der Waals surface area contributed by atoms with Gasteiger partial charge in [0, 0.05) is 24.2 Å². The van der Waals surface area contributed by atoms with Gasteiger partial charge in [-0.05, 0) is 30.2 Å². The van der Waals surface area contributed by atoms with Crippen LogP contribution in [-0.4, -0.2) is 41.0 Å². The highest BCUT2D eigenvalue weighted by molar-refractivity contribution is 5.90. The number of fused-ring (bicyclic) bond motifs is 1. The van der Waals surface area contributed by atoms with E-state index in [9.17, 15) is 4.79 Å². The number of urea groups is 1. The van der Waals surface area contributed by atoms with Crippen LogP contribution in [0.3, 0.4) is 0 Å². The van der Waals surface area contributed by atoms with Crippen molar-refractivity contribution in [1.29, 1.82) is 0 Å². The summed E-state index contributed by atoms with van der Waals surface area (Å²) in [5.74, 6) is 2.28. The summed E-state index contributed by atoms with van der Waals surface area (Å²) in [7, 11) is 1.71. The van der Waals surface area contributed by atoms with Crippen molar-refractivity contribution in [3.8, 4) is 11.4 Å². The quantitative estimate of drug-likeness (QED) is 0.724. The van der Waals surface area contributed by atoms with Crippen LogP contribution < -0.4 is 10.6 Å². The van der Waals surface area contributed by atoms with Crippen molar-refractivity contribution in [3.05, 3.63) is 35.4 Å². The topological polar surface area (TPSA) is 115 Å². The van der Waals surface area contributed by atoms with Crippen LogP contribution in [-0.2, 0) is 26.6 Å². The number of aromatic nitrogens is 7. The largest absolute Gasteiger partial charge is 0.331 e. The fraction of sp³-hybridized carbons (Fsp3) is 0.375. The van der Waals surface area contributed by atoms with Crippen LogP contribution in [0.25, 0.3) is 11.4 Å². The first kappa shape index (κ1) is 16.2. The van der Waals surface area contributed by atoms with Gasteiger partial charge in [0.2, 0.25) is 5.82 Å².